The first-order valence-electron chi connectivity index (χ1n) is 11.7. The third-order valence-electron chi connectivity index (χ3n) is 6.21. The third kappa shape index (κ3) is 4.74. The highest BCUT2D eigenvalue weighted by Gasteiger charge is 2.42. The number of fused-ring (bicyclic) bond motifs is 1. The Morgan fingerprint density at radius 1 is 1.14 bits per heavy atom. The van der Waals surface area contributed by atoms with E-state index in [4.69, 9.17) is 13.9 Å². The van der Waals surface area contributed by atoms with Crippen molar-refractivity contribution < 1.29 is 23.5 Å². The maximum atomic E-state index is 13.8. The normalized spacial score (nSPS) is 13.8. The fourth-order valence-electron chi connectivity index (χ4n) is 4.30. The molecule has 0 unspecified atom stereocenters. The minimum atomic E-state index is -0.921. The highest BCUT2D eigenvalue weighted by molar-refractivity contribution is 5.90. The predicted octanol–water partition coefficient (Wildman–Crippen LogP) is 3.09. The molecule has 0 radical (unpaired) electrons. The predicted molar refractivity (Wildman–Crippen MR) is 130 cm³/mol. The second-order valence-electron chi connectivity index (χ2n) is 8.58. The first-order chi connectivity index (χ1) is 17.6. The monoisotopic (exact) mass is 489 g/mol. The van der Waals surface area contributed by atoms with Crippen LogP contribution in [0.25, 0.3) is 11.0 Å². The lowest BCUT2D eigenvalue weighted by atomic mass is 10.0. The molecular formula is C26H27N5O5. The van der Waals surface area contributed by atoms with E-state index in [-0.39, 0.29) is 30.9 Å². The Morgan fingerprint density at radius 3 is 2.69 bits per heavy atom. The number of carbonyl (C=O) groups excluding carboxylic acids is 2. The smallest absolute Gasteiger partial charge is 0.247 e. The first kappa shape index (κ1) is 23.4. The molecule has 5 rings (SSSR count). The SMILES string of the molecule is COc1ccc([C@@H](C(=O)NCc2ccco2)N(C(=O)Cn2nnc3ccccc32)C2CC2)c(OC)c1. The van der Waals surface area contributed by atoms with Gasteiger partial charge in [0.05, 0.1) is 32.5 Å². The summed E-state index contributed by atoms with van der Waals surface area (Å²) in [6, 6.07) is 15.2. The van der Waals surface area contributed by atoms with Crippen LogP contribution in [0.5, 0.6) is 11.5 Å². The molecular weight excluding hydrogens is 462 g/mol. The van der Waals surface area contributed by atoms with E-state index in [1.165, 1.54) is 7.11 Å². The summed E-state index contributed by atoms with van der Waals surface area (Å²) in [6.07, 6.45) is 3.17. The Morgan fingerprint density at radius 2 is 1.97 bits per heavy atom. The van der Waals surface area contributed by atoms with E-state index >= 15 is 0 Å². The molecule has 1 aliphatic carbocycles. The van der Waals surface area contributed by atoms with Crippen LogP contribution in [-0.4, -0.2) is 52.0 Å². The number of hydrogen-bond donors (Lipinski definition) is 1. The number of amides is 2. The molecule has 36 heavy (non-hydrogen) atoms. The van der Waals surface area contributed by atoms with Crippen molar-refractivity contribution in [2.75, 3.05) is 14.2 Å². The van der Waals surface area contributed by atoms with Gasteiger partial charge >= 0.3 is 0 Å². The quantitative estimate of drug-likeness (QED) is 0.364. The van der Waals surface area contributed by atoms with Crippen LogP contribution in [0.4, 0.5) is 0 Å². The molecule has 2 aromatic heterocycles. The third-order valence-corrected chi connectivity index (χ3v) is 6.21. The molecule has 1 aliphatic rings. The van der Waals surface area contributed by atoms with Gasteiger partial charge < -0.3 is 24.1 Å². The molecule has 10 nitrogen and oxygen atoms in total. The molecule has 2 amide bonds. The van der Waals surface area contributed by atoms with Crippen LogP contribution in [0.2, 0.25) is 0 Å². The van der Waals surface area contributed by atoms with Crippen molar-refractivity contribution in [3.63, 3.8) is 0 Å². The van der Waals surface area contributed by atoms with Gasteiger partial charge in [0.15, 0.2) is 0 Å². The van der Waals surface area contributed by atoms with Crippen molar-refractivity contribution in [1.29, 1.82) is 0 Å². The fraction of sp³-hybridized carbons (Fsp3) is 0.308. The van der Waals surface area contributed by atoms with Crippen LogP contribution in [-0.2, 0) is 22.7 Å². The zero-order chi connectivity index (χ0) is 25.1. The van der Waals surface area contributed by atoms with Crippen LogP contribution in [0.1, 0.15) is 30.2 Å². The number of furan rings is 1. The summed E-state index contributed by atoms with van der Waals surface area (Å²) in [5.41, 5.74) is 2.02. The molecule has 1 saturated carbocycles. The minimum absolute atomic E-state index is 0.0442. The maximum Gasteiger partial charge on any atom is 0.247 e. The summed E-state index contributed by atoms with van der Waals surface area (Å²) in [5.74, 6) is 1.09. The molecule has 2 heterocycles. The van der Waals surface area contributed by atoms with Crippen LogP contribution in [0.15, 0.2) is 65.3 Å². The van der Waals surface area contributed by atoms with Crippen molar-refractivity contribution in [3.8, 4) is 11.5 Å². The number of hydrogen-bond acceptors (Lipinski definition) is 7. The van der Waals surface area contributed by atoms with Crippen LogP contribution >= 0.6 is 0 Å². The number of methoxy groups -OCH3 is 2. The lowest BCUT2D eigenvalue weighted by molar-refractivity contribution is -0.142. The Hall–Kier alpha value is -4.34. The fourth-order valence-corrected chi connectivity index (χ4v) is 4.30. The van der Waals surface area contributed by atoms with E-state index in [1.54, 1.807) is 53.3 Å². The van der Waals surface area contributed by atoms with Gasteiger partial charge in [-0.15, -0.1) is 5.10 Å². The highest BCUT2D eigenvalue weighted by Crippen LogP contribution is 2.39. The summed E-state index contributed by atoms with van der Waals surface area (Å²) < 4.78 is 17.9. The zero-order valence-electron chi connectivity index (χ0n) is 20.1. The van der Waals surface area contributed by atoms with Gasteiger partial charge in [-0.1, -0.05) is 17.3 Å². The standard InChI is InChI=1S/C26H27N5O5/c1-34-18-11-12-20(23(14-18)35-2)25(26(33)27-15-19-6-5-13-36-19)31(17-9-10-17)24(32)16-30-22-8-4-3-7-21(22)28-29-30/h3-8,11-14,17,25H,9-10,15-16H2,1-2H3,(H,27,33)/t25-/m0/s1. The van der Waals surface area contributed by atoms with Gasteiger partial charge in [-0.2, -0.15) is 0 Å². The summed E-state index contributed by atoms with van der Waals surface area (Å²) in [6.45, 7) is 0.151. The van der Waals surface area contributed by atoms with Gasteiger partial charge in [-0.05, 0) is 49.2 Å². The molecule has 10 heteroatoms. The molecule has 0 bridgehead atoms. The van der Waals surface area contributed by atoms with E-state index in [9.17, 15) is 9.59 Å². The van der Waals surface area contributed by atoms with E-state index < -0.39 is 6.04 Å². The van der Waals surface area contributed by atoms with Crippen LogP contribution < -0.4 is 14.8 Å². The number of aromatic nitrogens is 3. The molecule has 186 valence electrons. The summed E-state index contributed by atoms with van der Waals surface area (Å²) in [4.78, 5) is 29.1. The highest BCUT2D eigenvalue weighted by atomic mass is 16.5. The number of rotatable bonds is 10. The second kappa shape index (κ2) is 10.1. The van der Waals surface area contributed by atoms with Crippen molar-refractivity contribution in [3.05, 3.63) is 72.2 Å². The van der Waals surface area contributed by atoms with E-state index in [1.807, 2.05) is 24.3 Å². The Balaban J connectivity index is 1.50. The Kier molecular flexibility index (Phi) is 6.57. The average Bonchev–Trinajstić information content (AvgIpc) is 3.44. The van der Waals surface area contributed by atoms with Gasteiger partial charge in [0, 0.05) is 17.7 Å². The molecule has 1 atom stereocenters. The Labute approximate surface area is 207 Å². The Bertz CT molecular complexity index is 1360. The van der Waals surface area contributed by atoms with Crippen molar-refractivity contribution >= 4 is 22.8 Å². The molecule has 2 aromatic carbocycles. The second-order valence-corrected chi connectivity index (χ2v) is 8.58. The van der Waals surface area contributed by atoms with Gasteiger partial charge in [0.25, 0.3) is 0 Å². The van der Waals surface area contributed by atoms with Gasteiger partial charge in [-0.25, -0.2) is 4.68 Å². The van der Waals surface area contributed by atoms with E-state index in [0.717, 1.165) is 18.4 Å². The maximum absolute atomic E-state index is 13.8. The number of carbonyl (C=O) groups is 2. The summed E-state index contributed by atoms with van der Waals surface area (Å²) in [7, 11) is 3.09. The van der Waals surface area contributed by atoms with E-state index in [2.05, 4.69) is 15.6 Å². The lowest BCUT2D eigenvalue weighted by Gasteiger charge is -2.32. The molecule has 0 saturated heterocycles. The minimum Gasteiger partial charge on any atom is -0.497 e. The number of nitrogens with zero attached hydrogens (tertiary/aromatic N) is 4. The number of para-hydroxylation sites is 1. The van der Waals surface area contributed by atoms with Crippen molar-refractivity contribution in [2.45, 2.75) is 38.0 Å². The average molecular weight is 490 g/mol. The number of ether oxygens (including phenoxy) is 2. The van der Waals surface area contributed by atoms with E-state index in [0.29, 0.717) is 28.3 Å². The lowest BCUT2D eigenvalue weighted by Crippen LogP contribution is -2.46. The number of nitrogens with one attached hydrogen (secondary N) is 1. The van der Waals surface area contributed by atoms with Crippen molar-refractivity contribution in [2.24, 2.45) is 0 Å². The zero-order valence-corrected chi connectivity index (χ0v) is 20.1. The summed E-state index contributed by atoms with van der Waals surface area (Å²) >= 11 is 0. The molecule has 1 fully saturated rings. The van der Waals surface area contributed by atoms with Gasteiger partial charge in [-0.3, -0.25) is 9.59 Å². The van der Waals surface area contributed by atoms with Crippen LogP contribution in [0.3, 0.4) is 0 Å². The molecule has 0 aliphatic heterocycles. The van der Waals surface area contributed by atoms with Gasteiger partial charge in [0.1, 0.15) is 35.4 Å². The summed E-state index contributed by atoms with van der Waals surface area (Å²) in [5, 5.41) is 11.2. The molecule has 0 spiro atoms. The van der Waals surface area contributed by atoms with Crippen molar-refractivity contribution in [1.82, 2.24) is 25.2 Å². The first-order valence-corrected chi connectivity index (χ1v) is 11.7. The molecule has 1 N–H and O–H groups in total. The van der Waals surface area contributed by atoms with Crippen LogP contribution in [0, 0.1) is 0 Å². The van der Waals surface area contributed by atoms with Gasteiger partial charge in [0.2, 0.25) is 11.8 Å². The largest absolute Gasteiger partial charge is 0.497 e. The number of benzene rings is 2. The molecule has 4 aromatic rings. The topological polar surface area (TPSA) is 112 Å².